The van der Waals surface area contributed by atoms with Gasteiger partial charge in [-0.15, -0.1) is 0 Å². The second-order valence-corrected chi connectivity index (χ2v) is 15.7. The third-order valence-electron chi connectivity index (χ3n) is 13.2. The molecule has 0 aromatic heterocycles. The fourth-order valence-corrected chi connectivity index (χ4v) is 11.0. The molecule has 5 aliphatic rings. The third-order valence-corrected chi connectivity index (χ3v) is 13.2. The van der Waals surface area contributed by atoms with Crippen LogP contribution in [0.4, 0.5) is 0 Å². The van der Waals surface area contributed by atoms with Crippen LogP contribution in [0.25, 0.3) is 0 Å². The summed E-state index contributed by atoms with van der Waals surface area (Å²) in [5, 5.41) is 0. The number of ether oxygens (including phenoxy) is 1. The summed E-state index contributed by atoms with van der Waals surface area (Å²) in [5.74, 6) is 2.07. The molecule has 1 unspecified atom stereocenters. The van der Waals surface area contributed by atoms with E-state index in [-0.39, 0.29) is 17.5 Å². The first-order valence-corrected chi connectivity index (χ1v) is 14.5. The minimum absolute atomic E-state index is 0.0544. The van der Waals surface area contributed by atoms with Crippen LogP contribution >= 0.6 is 0 Å². The lowest BCUT2D eigenvalue weighted by molar-refractivity contribution is -0.233. The molecule has 0 bridgehead atoms. The lowest BCUT2D eigenvalue weighted by atomic mass is 9.32. The Morgan fingerprint density at radius 3 is 2.12 bits per heavy atom. The van der Waals surface area contributed by atoms with Gasteiger partial charge in [0.15, 0.2) is 0 Å². The largest absolute Gasteiger partial charge is 0.462 e. The quantitative estimate of drug-likeness (QED) is 0.284. The molecule has 2 nitrogen and oxygen atoms in total. The molecule has 0 radical (unpaired) electrons. The van der Waals surface area contributed by atoms with E-state index in [0.29, 0.717) is 33.0 Å². The highest BCUT2D eigenvalue weighted by atomic mass is 16.5. The van der Waals surface area contributed by atoms with Gasteiger partial charge in [0.1, 0.15) is 6.10 Å². The minimum atomic E-state index is -0.107. The first-order chi connectivity index (χ1) is 15.6. The van der Waals surface area contributed by atoms with Crippen molar-refractivity contribution < 1.29 is 9.53 Å². The Bertz CT molecular complexity index is 897. The van der Waals surface area contributed by atoms with Crippen LogP contribution in [0.2, 0.25) is 0 Å². The van der Waals surface area contributed by atoms with E-state index in [1.165, 1.54) is 57.8 Å². The molecule has 0 amide bonds. The zero-order valence-electron chi connectivity index (χ0n) is 23.8. The number of allylic oxidation sites excluding steroid dienone is 2. The molecule has 192 valence electrons. The van der Waals surface area contributed by atoms with E-state index in [0.717, 1.165) is 18.3 Å². The van der Waals surface area contributed by atoms with Gasteiger partial charge < -0.3 is 4.74 Å². The molecule has 0 heterocycles. The highest BCUT2D eigenvalue weighted by Crippen LogP contribution is 2.76. The Kier molecular flexibility index (Phi) is 5.40. The summed E-state index contributed by atoms with van der Waals surface area (Å²) in [6.07, 6.45) is 16.0. The minimum Gasteiger partial charge on any atom is -0.462 e. The lowest BCUT2D eigenvalue weighted by Crippen LogP contribution is -2.66. The molecule has 0 saturated heterocycles. The van der Waals surface area contributed by atoms with Crippen LogP contribution < -0.4 is 0 Å². The zero-order chi connectivity index (χ0) is 24.9. The molecule has 5 aliphatic carbocycles. The van der Waals surface area contributed by atoms with E-state index >= 15 is 0 Å². The number of hydrogen-bond donors (Lipinski definition) is 0. The van der Waals surface area contributed by atoms with Crippen molar-refractivity contribution >= 4 is 5.97 Å². The van der Waals surface area contributed by atoms with Crippen LogP contribution in [0, 0.1) is 50.2 Å². The molecule has 4 fully saturated rings. The summed E-state index contributed by atoms with van der Waals surface area (Å²) < 4.78 is 5.91. The van der Waals surface area contributed by atoms with Crippen LogP contribution in [0.3, 0.4) is 0 Å². The van der Waals surface area contributed by atoms with Gasteiger partial charge in [0.05, 0.1) is 0 Å². The van der Waals surface area contributed by atoms with Crippen LogP contribution in [-0.2, 0) is 9.53 Å². The van der Waals surface area contributed by atoms with Crippen LogP contribution in [0.15, 0.2) is 11.6 Å². The third kappa shape index (κ3) is 3.21. The smallest absolute Gasteiger partial charge is 0.302 e. The van der Waals surface area contributed by atoms with Crippen molar-refractivity contribution in [2.24, 2.45) is 50.2 Å². The van der Waals surface area contributed by atoms with E-state index in [1.54, 1.807) is 6.92 Å². The van der Waals surface area contributed by atoms with Crippen molar-refractivity contribution in [3.63, 3.8) is 0 Å². The lowest BCUT2D eigenvalue weighted by Gasteiger charge is -2.72. The fraction of sp³-hybridized carbons (Fsp3) is 0.906. The van der Waals surface area contributed by atoms with Gasteiger partial charge >= 0.3 is 5.97 Å². The Balaban J connectivity index is 1.51. The maximum Gasteiger partial charge on any atom is 0.302 e. The predicted molar refractivity (Wildman–Crippen MR) is 140 cm³/mol. The van der Waals surface area contributed by atoms with Gasteiger partial charge in [-0.25, -0.2) is 0 Å². The Hall–Kier alpha value is -0.790. The number of esters is 1. The van der Waals surface area contributed by atoms with Crippen LogP contribution in [0.1, 0.15) is 127 Å². The molecular formula is C32H52O2. The van der Waals surface area contributed by atoms with Gasteiger partial charge in [0, 0.05) is 12.3 Å². The first-order valence-electron chi connectivity index (χ1n) is 14.5. The molecule has 34 heavy (non-hydrogen) atoms. The summed E-state index contributed by atoms with van der Waals surface area (Å²) in [7, 11) is 0. The number of carbonyl (C=O) groups excluding carboxylic acids is 1. The number of rotatable bonds is 1. The summed E-state index contributed by atoms with van der Waals surface area (Å²) in [6, 6.07) is 0. The molecule has 2 heteroatoms. The van der Waals surface area contributed by atoms with Crippen molar-refractivity contribution in [3.05, 3.63) is 11.6 Å². The molecule has 0 aromatic rings. The van der Waals surface area contributed by atoms with Gasteiger partial charge in [0.2, 0.25) is 0 Å². The standard InChI is InChI=1S/C32H52O2/c1-21(33)34-26-13-14-30(7)24(28(26,4)5)12-15-32(9)25(30)11-10-22-23-20-27(2,3)16-17-29(23,6)18-19-31(22,32)8/h20,22,24-26H,10-19H2,1-9H3/t22-,24+,25-,26?,29-,30+,31-,32-/m1/s1. The summed E-state index contributed by atoms with van der Waals surface area (Å²) in [5.41, 5.74) is 3.85. The second-order valence-electron chi connectivity index (χ2n) is 15.7. The second kappa shape index (κ2) is 7.38. The zero-order valence-corrected chi connectivity index (χ0v) is 23.8. The number of fused-ring (bicyclic) bond motifs is 7. The fourth-order valence-electron chi connectivity index (χ4n) is 11.0. The van der Waals surface area contributed by atoms with Crippen molar-refractivity contribution in [2.75, 3.05) is 0 Å². The van der Waals surface area contributed by atoms with Gasteiger partial charge in [-0.05, 0) is 109 Å². The van der Waals surface area contributed by atoms with E-state index in [4.69, 9.17) is 4.74 Å². The molecule has 0 aromatic carbocycles. The van der Waals surface area contributed by atoms with Crippen molar-refractivity contribution in [2.45, 2.75) is 133 Å². The van der Waals surface area contributed by atoms with Gasteiger partial charge in [-0.1, -0.05) is 67.0 Å². The maximum atomic E-state index is 11.9. The highest BCUT2D eigenvalue weighted by molar-refractivity contribution is 5.66. The number of hydrogen-bond acceptors (Lipinski definition) is 2. The Morgan fingerprint density at radius 2 is 1.44 bits per heavy atom. The van der Waals surface area contributed by atoms with Crippen LogP contribution in [0.5, 0.6) is 0 Å². The van der Waals surface area contributed by atoms with Crippen molar-refractivity contribution in [1.29, 1.82) is 0 Å². The topological polar surface area (TPSA) is 26.3 Å². The van der Waals surface area contributed by atoms with Crippen molar-refractivity contribution in [1.82, 2.24) is 0 Å². The first kappa shape index (κ1) is 24.9. The van der Waals surface area contributed by atoms with E-state index < -0.39 is 0 Å². The summed E-state index contributed by atoms with van der Waals surface area (Å²) in [6.45, 7) is 22.0. The monoisotopic (exact) mass is 468 g/mol. The Labute approximate surface area is 210 Å². The average molecular weight is 469 g/mol. The van der Waals surface area contributed by atoms with Gasteiger partial charge in [-0.3, -0.25) is 4.79 Å². The van der Waals surface area contributed by atoms with E-state index in [9.17, 15) is 4.79 Å². The maximum absolute atomic E-state index is 11.9. The normalized spacial score (nSPS) is 51.1. The highest BCUT2D eigenvalue weighted by Gasteiger charge is 2.69. The average Bonchev–Trinajstić information content (AvgIpc) is 2.72. The van der Waals surface area contributed by atoms with E-state index in [1.807, 2.05) is 5.57 Å². The van der Waals surface area contributed by atoms with Crippen molar-refractivity contribution in [3.8, 4) is 0 Å². The van der Waals surface area contributed by atoms with E-state index in [2.05, 4.69) is 61.5 Å². The summed E-state index contributed by atoms with van der Waals surface area (Å²) >= 11 is 0. The van der Waals surface area contributed by atoms with Crippen LogP contribution in [-0.4, -0.2) is 12.1 Å². The molecule has 0 N–H and O–H groups in total. The van der Waals surface area contributed by atoms with Gasteiger partial charge in [-0.2, -0.15) is 0 Å². The molecule has 8 atom stereocenters. The SMILES string of the molecule is CC(=O)OC1CC[C@]2(C)[C@H]3CC[C@@H]4C5=CC(C)(C)CC[C@]5(C)CC[C@@]4(C)[C@]3(C)CC[C@H]2C1(C)C. The predicted octanol–water partition coefficient (Wildman–Crippen LogP) is 8.74. The Morgan fingerprint density at radius 1 is 0.765 bits per heavy atom. The number of carbonyl (C=O) groups is 1. The van der Waals surface area contributed by atoms with Gasteiger partial charge in [0.25, 0.3) is 0 Å². The molecule has 4 saturated carbocycles. The molecule has 0 aliphatic heterocycles. The summed E-state index contributed by atoms with van der Waals surface area (Å²) in [4.78, 5) is 11.9. The molecule has 5 rings (SSSR count). The molecular weight excluding hydrogens is 416 g/mol. The molecule has 0 spiro atoms.